The number of rotatable bonds is 14. The summed E-state index contributed by atoms with van der Waals surface area (Å²) in [6, 6.07) is 10.2. The summed E-state index contributed by atoms with van der Waals surface area (Å²) in [5.74, 6) is 2.41. The van der Waals surface area contributed by atoms with Crippen LogP contribution in [-0.2, 0) is 0 Å². The van der Waals surface area contributed by atoms with Gasteiger partial charge in [-0.15, -0.1) is 11.6 Å². The number of ether oxygens (including phenoxy) is 2. The molecule has 0 bridgehead atoms. The summed E-state index contributed by atoms with van der Waals surface area (Å²) >= 11 is 12.3. The molecule has 0 radical (unpaired) electrons. The molecule has 0 aliphatic heterocycles. The van der Waals surface area contributed by atoms with Crippen molar-refractivity contribution >= 4 is 34.0 Å². The van der Waals surface area contributed by atoms with E-state index in [1.54, 1.807) is 0 Å². The summed E-state index contributed by atoms with van der Waals surface area (Å²) in [7, 11) is 0. The number of hydrogen-bond acceptors (Lipinski definition) is 2. The van der Waals surface area contributed by atoms with Crippen molar-refractivity contribution in [3.05, 3.63) is 35.4 Å². The van der Waals surface area contributed by atoms with Gasteiger partial charge in [-0.25, -0.2) is 0 Å². The van der Waals surface area contributed by atoms with Gasteiger partial charge < -0.3 is 9.47 Å². The number of benzene rings is 2. The predicted octanol–water partition coefficient (Wildman–Crippen LogP) is 8.41. The van der Waals surface area contributed by atoms with Crippen molar-refractivity contribution in [3.8, 4) is 11.5 Å². The van der Waals surface area contributed by atoms with Crippen LogP contribution in [0.5, 0.6) is 11.5 Å². The Balaban J connectivity index is 1.97. The molecular weight excluding hydrogens is 391 g/mol. The van der Waals surface area contributed by atoms with Gasteiger partial charge in [0.15, 0.2) is 0 Å². The third kappa shape index (κ3) is 7.37. The van der Waals surface area contributed by atoms with E-state index in [0.29, 0.717) is 11.6 Å². The Bertz CT molecular complexity index is 702. The molecule has 0 aliphatic carbocycles. The summed E-state index contributed by atoms with van der Waals surface area (Å²) in [5, 5.41) is 2.77. The van der Waals surface area contributed by atoms with Gasteiger partial charge in [0.05, 0.1) is 17.7 Å². The summed E-state index contributed by atoms with van der Waals surface area (Å²) in [6.45, 7) is 5.10. The number of alkyl halides is 1. The predicted molar refractivity (Wildman–Crippen MR) is 122 cm³/mol. The minimum Gasteiger partial charge on any atom is -0.492 e. The summed E-state index contributed by atoms with van der Waals surface area (Å²) in [4.78, 5) is 0. The van der Waals surface area contributed by atoms with Crippen molar-refractivity contribution in [1.29, 1.82) is 0 Å². The van der Waals surface area contributed by atoms with E-state index < -0.39 is 0 Å². The van der Waals surface area contributed by atoms with E-state index in [1.165, 1.54) is 19.3 Å². The Kier molecular flexibility index (Phi) is 10.9. The zero-order valence-corrected chi connectivity index (χ0v) is 18.8. The summed E-state index contributed by atoms with van der Waals surface area (Å²) in [6.07, 6.45) is 10.5. The molecule has 0 saturated carbocycles. The highest BCUT2D eigenvalue weighted by Crippen LogP contribution is 2.35. The molecule has 0 spiro atoms. The molecule has 0 fully saturated rings. The monoisotopic (exact) mass is 424 g/mol. The molecule has 156 valence electrons. The average molecular weight is 425 g/mol. The molecule has 2 aromatic carbocycles. The molecule has 0 saturated heterocycles. The van der Waals surface area contributed by atoms with Crippen LogP contribution in [0.15, 0.2) is 30.3 Å². The lowest BCUT2D eigenvalue weighted by molar-refractivity contribution is 0.183. The third-order valence-corrected chi connectivity index (χ3v) is 5.72. The van der Waals surface area contributed by atoms with Crippen LogP contribution in [0.1, 0.15) is 71.6 Å². The molecule has 1 atom stereocenters. The Morgan fingerprint density at radius 2 is 1.75 bits per heavy atom. The number of hydrogen-bond donors (Lipinski definition) is 0. The molecule has 0 aromatic heterocycles. The van der Waals surface area contributed by atoms with E-state index >= 15 is 0 Å². The molecule has 28 heavy (non-hydrogen) atoms. The standard InChI is InChI=1S/C24H34Cl2O2/c1-3-5-8-11-20(4-2)28-21-13-14-22-19(18-21)12-15-23(24(22)26)27-17-10-7-6-9-16-25/h12-15,18,20H,3-11,16-17H2,1-2H3. The molecule has 0 aliphatic rings. The van der Waals surface area contributed by atoms with Crippen LogP contribution >= 0.6 is 23.2 Å². The van der Waals surface area contributed by atoms with E-state index in [2.05, 4.69) is 26.0 Å². The molecule has 4 heteroatoms. The lowest BCUT2D eigenvalue weighted by atomic mass is 10.1. The van der Waals surface area contributed by atoms with Crippen molar-refractivity contribution in [2.75, 3.05) is 12.5 Å². The van der Waals surface area contributed by atoms with Gasteiger partial charge in [-0.2, -0.15) is 0 Å². The van der Waals surface area contributed by atoms with Crippen LogP contribution in [0, 0.1) is 0 Å². The van der Waals surface area contributed by atoms with Gasteiger partial charge in [0, 0.05) is 11.3 Å². The highest BCUT2D eigenvalue weighted by Gasteiger charge is 2.11. The maximum Gasteiger partial charge on any atom is 0.138 e. The summed E-state index contributed by atoms with van der Waals surface area (Å²) in [5.41, 5.74) is 0. The fraction of sp³-hybridized carbons (Fsp3) is 0.583. The number of fused-ring (bicyclic) bond motifs is 1. The normalized spacial score (nSPS) is 12.3. The van der Waals surface area contributed by atoms with Gasteiger partial charge >= 0.3 is 0 Å². The molecule has 2 nitrogen and oxygen atoms in total. The minimum atomic E-state index is 0.279. The second kappa shape index (κ2) is 13.2. The Morgan fingerprint density at radius 1 is 0.929 bits per heavy atom. The maximum absolute atomic E-state index is 6.59. The van der Waals surface area contributed by atoms with E-state index in [1.807, 2.05) is 18.2 Å². The van der Waals surface area contributed by atoms with Crippen LogP contribution in [0.25, 0.3) is 10.8 Å². The molecule has 0 N–H and O–H groups in total. The average Bonchev–Trinajstić information content (AvgIpc) is 2.71. The number of unbranched alkanes of at least 4 members (excludes halogenated alkanes) is 5. The summed E-state index contributed by atoms with van der Waals surface area (Å²) < 4.78 is 12.1. The first-order chi connectivity index (χ1) is 13.7. The van der Waals surface area contributed by atoms with Crippen LogP contribution < -0.4 is 9.47 Å². The van der Waals surface area contributed by atoms with Crippen molar-refractivity contribution in [2.45, 2.75) is 77.7 Å². The molecule has 0 heterocycles. The van der Waals surface area contributed by atoms with E-state index in [9.17, 15) is 0 Å². The lowest BCUT2D eigenvalue weighted by Gasteiger charge is -2.18. The fourth-order valence-corrected chi connectivity index (χ4v) is 3.81. The fourth-order valence-electron chi connectivity index (χ4n) is 3.33. The van der Waals surface area contributed by atoms with Crippen LogP contribution in [0.4, 0.5) is 0 Å². The lowest BCUT2D eigenvalue weighted by Crippen LogP contribution is -2.15. The van der Waals surface area contributed by atoms with Gasteiger partial charge in [0.1, 0.15) is 11.5 Å². The first kappa shape index (κ1) is 23.2. The van der Waals surface area contributed by atoms with Crippen LogP contribution in [0.2, 0.25) is 5.02 Å². The van der Waals surface area contributed by atoms with Gasteiger partial charge in [-0.3, -0.25) is 0 Å². The van der Waals surface area contributed by atoms with Crippen molar-refractivity contribution in [1.82, 2.24) is 0 Å². The van der Waals surface area contributed by atoms with Crippen molar-refractivity contribution < 1.29 is 9.47 Å². The van der Waals surface area contributed by atoms with E-state index in [-0.39, 0.29) is 6.10 Å². The molecular formula is C24H34Cl2O2. The molecule has 1 unspecified atom stereocenters. The van der Waals surface area contributed by atoms with E-state index in [4.69, 9.17) is 32.7 Å². The van der Waals surface area contributed by atoms with E-state index in [0.717, 1.165) is 66.7 Å². The molecule has 2 rings (SSSR count). The second-order valence-electron chi connectivity index (χ2n) is 7.36. The van der Waals surface area contributed by atoms with Crippen molar-refractivity contribution in [3.63, 3.8) is 0 Å². The zero-order chi connectivity index (χ0) is 20.2. The smallest absolute Gasteiger partial charge is 0.138 e. The molecule has 0 amide bonds. The van der Waals surface area contributed by atoms with Crippen molar-refractivity contribution in [2.24, 2.45) is 0 Å². The topological polar surface area (TPSA) is 18.5 Å². The highest BCUT2D eigenvalue weighted by molar-refractivity contribution is 6.37. The third-order valence-electron chi connectivity index (χ3n) is 5.06. The van der Waals surface area contributed by atoms with Gasteiger partial charge in [-0.05, 0) is 61.8 Å². The highest BCUT2D eigenvalue weighted by atomic mass is 35.5. The largest absolute Gasteiger partial charge is 0.492 e. The quantitative estimate of drug-likeness (QED) is 0.223. The Labute approximate surface area is 180 Å². The maximum atomic E-state index is 6.59. The number of halogens is 2. The first-order valence-electron chi connectivity index (χ1n) is 10.8. The molecule has 2 aromatic rings. The van der Waals surface area contributed by atoms with Gasteiger partial charge in [-0.1, -0.05) is 57.2 Å². The van der Waals surface area contributed by atoms with Crippen LogP contribution in [0.3, 0.4) is 0 Å². The SMILES string of the molecule is CCCCCC(CC)Oc1ccc2c(Cl)c(OCCCCCCCl)ccc2c1. The Hall–Kier alpha value is -1.12. The van der Waals surface area contributed by atoms with Gasteiger partial charge in [0.2, 0.25) is 0 Å². The van der Waals surface area contributed by atoms with Gasteiger partial charge in [0.25, 0.3) is 0 Å². The van der Waals surface area contributed by atoms with Crippen LogP contribution in [-0.4, -0.2) is 18.6 Å². The first-order valence-corrected chi connectivity index (χ1v) is 11.7. The zero-order valence-electron chi connectivity index (χ0n) is 17.3. The Morgan fingerprint density at radius 3 is 2.50 bits per heavy atom. The second-order valence-corrected chi connectivity index (χ2v) is 8.11. The minimum absolute atomic E-state index is 0.279.